The Morgan fingerprint density at radius 2 is 1.79 bits per heavy atom. The minimum Gasteiger partial charge on any atom is -0.478 e. The highest BCUT2D eigenvalue weighted by molar-refractivity contribution is 5.92. The Bertz CT molecular complexity index is 2170. The summed E-state index contributed by atoms with van der Waals surface area (Å²) < 4.78 is 53.3. The van der Waals surface area contributed by atoms with Crippen molar-refractivity contribution >= 4 is 22.9 Å². The number of nitriles is 1. The van der Waals surface area contributed by atoms with E-state index in [9.17, 15) is 19.1 Å². The van der Waals surface area contributed by atoms with Crippen molar-refractivity contribution in [1.82, 2.24) is 19.4 Å². The largest absolute Gasteiger partial charge is 0.478 e. The number of rotatable bonds is 8. The van der Waals surface area contributed by atoms with Crippen LogP contribution in [0.2, 0.25) is 0 Å². The van der Waals surface area contributed by atoms with Crippen molar-refractivity contribution in [3.63, 3.8) is 0 Å². The molecule has 1 saturated carbocycles. The Morgan fingerprint density at radius 3 is 2.50 bits per heavy atom. The maximum absolute atomic E-state index is 15.8. The molecule has 1 aliphatic carbocycles. The molecule has 48 heavy (non-hydrogen) atoms. The van der Waals surface area contributed by atoms with E-state index in [0.717, 1.165) is 31.0 Å². The Hall–Kier alpha value is -5.70. The third kappa shape index (κ3) is 5.61. The number of ether oxygens (including phenoxy) is 1. The predicted molar refractivity (Wildman–Crippen MR) is 167 cm³/mol. The van der Waals surface area contributed by atoms with E-state index < -0.39 is 23.4 Å². The van der Waals surface area contributed by atoms with Crippen LogP contribution in [0.4, 0.5) is 13.2 Å². The number of carbonyl (C=O) groups is 2. The van der Waals surface area contributed by atoms with Gasteiger partial charge in [0.05, 0.1) is 40.0 Å². The Kier molecular flexibility index (Phi) is 7.62. The van der Waals surface area contributed by atoms with Gasteiger partial charge in [0.2, 0.25) is 11.8 Å². The van der Waals surface area contributed by atoms with Crippen LogP contribution in [0.15, 0.2) is 66.7 Å². The standard InChI is InChI=1S/C36H28F3N5O4/c1-20(45)43-17-32(36(19-43)9-10-36)44-31-13-22(35(46)47)7-8-30(31)41-33(44)14-24-12-28(39)25(15-27(24)38)29-3-2-4-34(42-29)48-18-23-6-5-21(16-40)11-26(23)37/h2-8,11-13,15,32H,9-10,14,17-19H2,1H3,(H,46,47)/t32-/m0/s1. The molecule has 3 heterocycles. The van der Waals surface area contributed by atoms with Gasteiger partial charge in [0.1, 0.15) is 29.9 Å². The number of imidazole rings is 1. The number of fused-ring (bicyclic) bond motifs is 1. The van der Waals surface area contributed by atoms with E-state index in [1.807, 2.05) is 10.6 Å². The lowest BCUT2D eigenvalue weighted by atomic mass is 9.99. The zero-order valence-electron chi connectivity index (χ0n) is 25.7. The highest BCUT2D eigenvalue weighted by Crippen LogP contribution is 2.59. The molecule has 1 saturated heterocycles. The minimum atomic E-state index is -1.10. The summed E-state index contributed by atoms with van der Waals surface area (Å²) in [5.74, 6) is -2.69. The molecule has 1 amide bonds. The minimum absolute atomic E-state index is 0.0428. The van der Waals surface area contributed by atoms with Crippen molar-refractivity contribution in [3.05, 3.63) is 112 Å². The number of aromatic carboxylic acids is 1. The van der Waals surface area contributed by atoms with Gasteiger partial charge in [0.25, 0.3) is 0 Å². The molecule has 9 nitrogen and oxygen atoms in total. The number of likely N-dealkylation sites (tertiary alicyclic amines) is 1. The van der Waals surface area contributed by atoms with E-state index in [1.165, 1.54) is 43.3 Å². The molecule has 2 fully saturated rings. The number of nitrogens with zero attached hydrogens (tertiary/aromatic N) is 5. The average Bonchev–Trinajstić information content (AvgIpc) is 3.62. The predicted octanol–water partition coefficient (Wildman–Crippen LogP) is 6.44. The van der Waals surface area contributed by atoms with Gasteiger partial charge < -0.3 is 19.3 Å². The highest BCUT2D eigenvalue weighted by Gasteiger charge is 2.57. The Balaban J connectivity index is 1.20. The van der Waals surface area contributed by atoms with Crippen LogP contribution in [0.1, 0.15) is 58.7 Å². The number of carboxylic acid groups (broad SMARTS) is 1. The molecule has 2 aliphatic rings. The van der Waals surface area contributed by atoms with Crippen molar-refractivity contribution in [1.29, 1.82) is 5.26 Å². The number of hydrogen-bond donors (Lipinski definition) is 1. The second-order valence-electron chi connectivity index (χ2n) is 12.4. The van der Waals surface area contributed by atoms with Crippen molar-refractivity contribution in [2.24, 2.45) is 5.41 Å². The van der Waals surface area contributed by atoms with Crippen LogP contribution in [0, 0.1) is 34.2 Å². The summed E-state index contributed by atoms with van der Waals surface area (Å²) in [5.41, 5.74) is 1.39. The van der Waals surface area contributed by atoms with E-state index >= 15 is 8.78 Å². The topological polar surface area (TPSA) is 121 Å². The van der Waals surface area contributed by atoms with Crippen molar-refractivity contribution in [3.8, 4) is 23.2 Å². The fourth-order valence-corrected chi connectivity index (χ4v) is 6.57. The van der Waals surface area contributed by atoms with E-state index in [-0.39, 0.29) is 69.8 Å². The van der Waals surface area contributed by atoms with Crippen LogP contribution in [-0.2, 0) is 17.8 Å². The van der Waals surface area contributed by atoms with Gasteiger partial charge in [-0.1, -0.05) is 12.1 Å². The monoisotopic (exact) mass is 651 g/mol. The van der Waals surface area contributed by atoms with E-state index in [1.54, 1.807) is 17.0 Å². The molecule has 1 atom stereocenters. The smallest absolute Gasteiger partial charge is 0.335 e. The van der Waals surface area contributed by atoms with Crippen molar-refractivity contribution in [2.75, 3.05) is 13.1 Å². The first kappa shape index (κ1) is 30.9. The van der Waals surface area contributed by atoms with Gasteiger partial charge in [0, 0.05) is 49.0 Å². The molecule has 3 aromatic carbocycles. The quantitative estimate of drug-likeness (QED) is 0.205. The number of aromatic nitrogens is 3. The van der Waals surface area contributed by atoms with E-state index in [2.05, 4.69) is 4.98 Å². The number of pyridine rings is 1. The summed E-state index contributed by atoms with van der Waals surface area (Å²) in [6, 6.07) is 17.0. The summed E-state index contributed by atoms with van der Waals surface area (Å²) in [7, 11) is 0. The number of hydrogen-bond acceptors (Lipinski definition) is 6. The van der Waals surface area contributed by atoms with Gasteiger partial charge in [0.15, 0.2) is 0 Å². The van der Waals surface area contributed by atoms with Crippen LogP contribution in [0.25, 0.3) is 22.3 Å². The summed E-state index contributed by atoms with van der Waals surface area (Å²) in [6.45, 7) is 2.30. The van der Waals surface area contributed by atoms with Gasteiger partial charge in [-0.2, -0.15) is 5.26 Å². The summed E-state index contributed by atoms with van der Waals surface area (Å²) in [6.07, 6.45) is 1.68. The first-order valence-corrected chi connectivity index (χ1v) is 15.3. The fraction of sp³-hybridized carbons (Fsp3) is 0.250. The Labute approximate surface area is 272 Å². The molecule has 2 aromatic heterocycles. The first-order chi connectivity index (χ1) is 23.0. The van der Waals surface area contributed by atoms with E-state index in [4.69, 9.17) is 15.0 Å². The normalized spacial score (nSPS) is 16.3. The van der Waals surface area contributed by atoms with Crippen molar-refractivity contribution < 1.29 is 32.6 Å². The van der Waals surface area contributed by atoms with Gasteiger partial charge in [-0.15, -0.1) is 0 Å². The molecular weight excluding hydrogens is 623 g/mol. The summed E-state index contributed by atoms with van der Waals surface area (Å²) in [5, 5.41) is 18.6. The van der Waals surface area contributed by atoms with Crippen LogP contribution in [0.3, 0.4) is 0 Å². The second-order valence-corrected chi connectivity index (χ2v) is 12.4. The molecule has 0 unspecified atom stereocenters. The molecule has 0 radical (unpaired) electrons. The lowest BCUT2D eigenvalue weighted by Crippen LogP contribution is -2.26. The molecule has 0 bridgehead atoms. The van der Waals surface area contributed by atoms with Gasteiger partial charge in [-0.05, 0) is 66.9 Å². The van der Waals surface area contributed by atoms with Crippen LogP contribution in [0.5, 0.6) is 5.88 Å². The number of benzene rings is 3. The van der Waals surface area contributed by atoms with E-state index in [0.29, 0.717) is 29.9 Å². The molecule has 1 N–H and O–H groups in total. The molecule has 242 valence electrons. The van der Waals surface area contributed by atoms with Crippen LogP contribution < -0.4 is 4.74 Å². The second kappa shape index (κ2) is 11.8. The summed E-state index contributed by atoms with van der Waals surface area (Å²) >= 11 is 0. The van der Waals surface area contributed by atoms with Crippen LogP contribution >= 0.6 is 0 Å². The van der Waals surface area contributed by atoms with Gasteiger partial charge in [-0.25, -0.2) is 27.9 Å². The average molecular weight is 652 g/mol. The third-order valence-corrected chi connectivity index (χ3v) is 9.31. The zero-order valence-corrected chi connectivity index (χ0v) is 25.7. The number of amides is 1. The molecular formula is C36H28F3N5O4. The molecule has 1 aliphatic heterocycles. The SMILES string of the molecule is CC(=O)N1C[C@H](n2c(Cc3cc(F)c(-c4cccc(OCc5ccc(C#N)cc5F)n4)cc3F)nc3ccc(C(=O)O)cc32)C2(CC2)C1. The number of carboxylic acids is 1. The maximum Gasteiger partial charge on any atom is 0.335 e. The molecule has 7 rings (SSSR count). The lowest BCUT2D eigenvalue weighted by molar-refractivity contribution is -0.128. The van der Waals surface area contributed by atoms with Gasteiger partial charge >= 0.3 is 5.97 Å². The molecule has 5 aromatic rings. The van der Waals surface area contributed by atoms with Gasteiger partial charge in [-0.3, -0.25) is 4.79 Å². The Morgan fingerprint density at radius 1 is 1.00 bits per heavy atom. The number of carbonyl (C=O) groups excluding carboxylic acids is 1. The third-order valence-electron chi connectivity index (χ3n) is 9.31. The first-order valence-electron chi connectivity index (χ1n) is 15.3. The van der Waals surface area contributed by atoms with Crippen LogP contribution in [-0.4, -0.2) is 49.5 Å². The summed E-state index contributed by atoms with van der Waals surface area (Å²) in [4.78, 5) is 35.0. The highest BCUT2D eigenvalue weighted by atomic mass is 19.1. The lowest BCUT2D eigenvalue weighted by Gasteiger charge is -2.22. The zero-order chi connectivity index (χ0) is 33.7. The molecule has 1 spiro atoms. The molecule has 12 heteroatoms. The van der Waals surface area contributed by atoms with Crippen molar-refractivity contribution in [2.45, 2.75) is 38.8 Å². The number of halogens is 3. The maximum atomic E-state index is 15.8. The fourth-order valence-electron chi connectivity index (χ4n) is 6.57.